The van der Waals surface area contributed by atoms with Gasteiger partial charge in [0.05, 0.1) is 5.38 Å². The summed E-state index contributed by atoms with van der Waals surface area (Å²) in [5.74, 6) is 0. The third-order valence-corrected chi connectivity index (χ3v) is 4.20. The van der Waals surface area contributed by atoms with Crippen LogP contribution in [-0.2, 0) is 12.8 Å². The second kappa shape index (κ2) is 4.50. The second-order valence-corrected chi connectivity index (χ2v) is 5.59. The van der Waals surface area contributed by atoms with Gasteiger partial charge in [0.15, 0.2) is 0 Å². The van der Waals surface area contributed by atoms with Crippen LogP contribution in [0.3, 0.4) is 0 Å². The van der Waals surface area contributed by atoms with Gasteiger partial charge in [0.1, 0.15) is 0 Å². The van der Waals surface area contributed by atoms with E-state index in [-0.39, 0.29) is 5.38 Å². The Balaban J connectivity index is 2.00. The van der Waals surface area contributed by atoms with Crippen molar-refractivity contribution >= 4 is 22.9 Å². The minimum Gasteiger partial charge on any atom is -0.145 e. The average molecular weight is 227 g/mol. The molecule has 76 valence electrons. The first kappa shape index (κ1) is 10.3. The number of hydrogen-bond acceptors (Lipinski definition) is 1. The van der Waals surface area contributed by atoms with Crippen molar-refractivity contribution in [1.29, 1.82) is 0 Å². The zero-order valence-electron chi connectivity index (χ0n) is 8.42. The Kier molecular flexibility index (Phi) is 3.30. The molecule has 2 heteroatoms. The summed E-state index contributed by atoms with van der Waals surface area (Å²) >= 11 is 7.97. The lowest BCUT2D eigenvalue weighted by molar-refractivity contribution is 0.895. The third kappa shape index (κ3) is 2.40. The molecule has 0 nitrogen and oxygen atoms in total. The van der Waals surface area contributed by atoms with Gasteiger partial charge in [-0.2, -0.15) is 0 Å². The van der Waals surface area contributed by atoms with Gasteiger partial charge in [-0.15, -0.1) is 22.9 Å². The summed E-state index contributed by atoms with van der Waals surface area (Å²) in [5.41, 5.74) is 1.52. The molecular weight excluding hydrogens is 212 g/mol. The van der Waals surface area contributed by atoms with Gasteiger partial charge in [-0.05, 0) is 31.4 Å². The quantitative estimate of drug-likeness (QED) is 0.536. The van der Waals surface area contributed by atoms with Crippen molar-refractivity contribution < 1.29 is 0 Å². The molecule has 0 radical (unpaired) electrons. The fourth-order valence-electron chi connectivity index (χ4n) is 1.82. The second-order valence-electron chi connectivity index (χ2n) is 3.78. The van der Waals surface area contributed by atoms with Crippen LogP contribution in [0, 0.1) is 0 Å². The van der Waals surface area contributed by atoms with Gasteiger partial charge in [0, 0.05) is 16.2 Å². The predicted molar refractivity (Wildman–Crippen MR) is 64.4 cm³/mol. The lowest BCUT2D eigenvalue weighted by Crippen LogP contribution is -1.82. The van der Waals surface area contributed by atoms with Crippen molar-refractivity contribution in [3.63, 3.8) is 0 Å². The normalized spacial score (nSPS) is 21.3. The Morgan fingerprint density at radius 3 is 2.79 bits per heavy atom. The van der Waals surface area contributed by atoms with E-state index < -0.39 is 0 Å². The lowest BCUT2D eigenvalue weighted by Gasteiger charge is -1.97. The first-order valence-corrected chi connectivity index (χ1v) is 6.44. The summed E-state index contributed by atoms with van der Waals surface area (Å²) in [4.78, 5) is 2.97. The Morgan fingerprint density at radius 2 is 2.21 bits per heavy atom. The molecule has 1 unspecified atom stereocenters. The van der Waals surface area contributed by atoms with E-state index in [4.69, 9.17) is 11.6 Å². The molecular formula is C12H15ClS. The van der Waals surface area contributed by atoms with E-state index in [0.29, 0.717) is 0 Å². The van der Waals surface area contributed by atoms with Gasteiger partial charge in [-0.3, -0.25) is 0 Å². The number of rotatable bonds is 3. The summed E-state index contributed by atoms with van der Waals surface area (Å²) in [6, 6.07) is 4.50. The standard InChI is InChI=1S/C12H15ClS/c1-2-11-5-6-12(14-11)8-9-3-4-10(13)7-9/h5-7,10H,2-4,8H2,1H3. The number of allylic oxidation sites excluding steroid dienone is 2. The summed E-state index contributed by atoms with van der Waals surface area (Å²) in [5, 5.41) is 0.288. The van der Waals surface area contributed by atoms with Crippen LogP contribution in [0.2, 0.25) is 0 Å². The maximum atomic E-state index is 6.03. The van der Waals surface area contributed by atoms with Crippen molar-refractivity contribution in [1.82, 2.24) is 0 Å². The van der Waals surface area contributed by atoms with Gasteiger partial charge in [0.2, 0.25) is 0 Å². The molecule has 0 saturated heterocycles. The molecule has 14 heavy (non-hydrogen) atoms. The zero-order chi connectivity index (χ0) is 9.97. The molecule has 0 N–H and O–H groups in total. The number of alkyl halides is 1. The summed E-state index contributed by atoms with van der Waals surface area (Å²) in [6.45, 7) is 2.21. The highest BCUT2D eigenvalue weighted by molar-refractivity contribution is 7.12. The van der Waals surface area contributed by atoms with E-state index in [1.807, 2.05) is 11.3 Å². The van der Waals surface area contributed by atoms with Crippen LogP contribution in [-0.4, -0.2) is 5.38 Å². The van der Waals surface area contributed by atoms with E-state index in [1.54, 1.807) is 0 Å². The minimum absolute atomic E-state index is 0.288. The number of aryl methyl sites for hydroxylation is 1. The molecule has 0 spiro atoms. The zero-order valence-corrected chi connectivity index (χ0v) is 10.00. The van der Waals surface area contributed by atoms with Gasteiger partial charge in [0.25, 0.3) is 0 Å². The van der Waals surface area contributed by atoms with Gasteiger partial charge in [-0.1, -0.05) is 18.6 Å². The van der Waals surface area contributed by atoms with E-state index in [0.717, 1.165) is 19.3 Å². The molecule has 1 aliphatic rings. The van der Waals surface area contributed by atoms with Crippen molar-refractivity contribution in [2.45, 2.75) is 38.0 Å². The molecule has 0 amide bonds. The first-order chi connectivity index (χ1) is 6.78. The maximum Gasteiger partial charge on any atom is 0.0521 e. The summed E-state index contributed by atoms with van der Waals surface area (Å²) < 4.78 is 0. The van der Waals surface area contributed by atoms with Crippen LogP contribution in [0.15, 0.2) is 23.8 Å². The third-order valence-electron chi connectivity index (χ3n) is 2.62. The molecule has 1 atom stereocenters. The van der Waals surface area contributed by atoms with Crippen molar-refractivity contribution in [2.24, 2.45) is 0 Å². The molecule has 0 bridgehead atoms. The van der Waals surface area contributed by atoms with Crippen molar-refractivity contribution in [3.05, 3.63) is 33.5 Å². The highest BCUT2D eigenvalue weighted by atomic mass is 35.5. The monoisotopic (exact) mass is 226 g/mol. The van der Waals surface area contributed by atoms with Crippen LogP contribution in [0.25, 0.3) is 0 Å². The Bertz CT molecular complexity index is 338. The number of hydrogen-bond donors (Lipinski definition) is 0. The Morgan fingerprint density at radius 1 is 1.43 bits per heavy atom. The SMILES string of the molecule is CCc1ccc(CC2=CC(Cl)CC2)s1. The van der Waals surface area contributed by atoms with Gasteiger partial charge < -0.3 is 0 Å². The molecule has 1 aliphatic carbocycles. The van der Waals surface area contributed by atoms with E-state index >= 15 is 0 Å². The maximum absolute atomic E-state index is 6.03. The molecule has 0 saturated carbocycles. The van der Waals surface area contributed by atoms with Crippen LogP contribution in [0.4, 0.5) is 0 Å². The molecule has 1 heterocycles. The smallest absolute Gasteiger partial charge is 0.0521 e. The summed E-state index contributed by atoms with van der Waals surface area (Å²) in [6.07, 6.45) is 6.82. The van der Waals surface area contributed by atoms with E-state index in [9.17, 15) is 0 Å². The lowest BCUT2D eigenvalue weighted by atomic mass is 10.1. The van der Waals surface area contributed by atoms with Crippen LogP contribution < -0.4 is 0 Å². The van der Waals surface area contributed by atoms with E-state index in [1.165, 1.54) is 21.7 Å². The van der Waals surface area contributed by atoms with Crippen LogP contribution >= 0.6 is 22.9 Å². The van der Waals surface area contributed by atoms with Crippen molar-refractivity contribution in [3.8, 4) is 0 Å². The summed E-state index contributed by atoms with van der Waals surface area (Å²) in [7, 11) is 0. The van der Waals surface area contributed by atoms with Crippen LogP contribution in [0.1, 0.15) is 29.5 Å². The Hall–Kier alpha value is -0.270. The van der Waals surface area contributed by atoms with E-state index in [2.05, 4.69) is 25.1 Å². The number of thiophene rings is 1. The molecule has 0 aliphatic heterocycles. The molecule has 1 aromatic rings. The fourth-order valence-corrected chi connectivity index (χ4v) is 3.12. The van der Waals surface area contributed by atoms with Gasteiger partial charge >= 0.3 is 0 Å². The molecule has 0 fully saturated rings. The predicted octanol–water partition coefficient (Wildman–Crippen LogP) is 4.18. The highest BCUT2D eigenvalue weighted by Gasteiger charge is 2.13. The largest absolute Gasteiger partial charge is 0.145 e. The molecule has 0 aromatic carbocycles. The molecule has 1 aromatic heterocycles. The van der Waals surface area contributed by atoms with Crippen molar-refractivity contribution in [2.75, 3.05) is 0 Å². The van der Waals surface area contributed by atoms with Gasteiger partial charge in [-0.25, -0.2) is 0 Å². The topological polar surface area (TPSA) is 0 Å². The number of halogens is 1. The highest BCUT2D eigenvalue weighted by Crippen LogP contribution is 2.28. The van der Waals surface area contributed by atoms with Crippen LogP contribution in [0.5, 0.6) is 0 Å². The minimum atomic E-state index is 0.288. The first-order valence-electron chi connectivity index (χ1n) is 5.19. The fraction of sp³-hybridized carbons (Fsp3) is 0.500. The average Bonchev–Trinajstić information content (AvgIpc) is 2.76. The molecule has 2 rings (SSSR count). The Labute approximate surface area is 94.6 Å².